The number of ether oxygens (including phenoxy) is 1. The van der Waals surface area contributed by atoms with Crippen LogP contribution in [0.4, 0.5) is 0 Å². The van der Waals surface area contributed by atoms with Gasteiger partial charge < -0.3 is 9.84 Å². The molecule has 3 heteroatoms. The van der Waals surface area contributed by atoms with Crippen molar-refractivity contribution >= 4 is 0 Å². The van der Waals surface area contributed by atoms with Crippen LogP contribution in [-0.2, 0) is 4.74 Å². The Morgan fingerprint density at radius 1 is 1.37 bits per heavy atom. The van der Waals surface area contributed by atoms with Crippen molar-refractivity contribution in [1.82, 2.24) is 0 Å². The van der Waals surface area contributed by atoms with Crippen LogP contribution in [0.5, 0.6) is 0 Å². The zero-order valence-electron chi connectivity index (χ0n) is 11.9. The molecule has 0 aromatic carbocycles. The van der Waals surface area contributed by atoms with Crippen molar-refractivity contribution < 1.29 is 9.84 Å². The number of nitriles is 1. The molecule has 1 saturated heterocycles. The first kappa shape index (κ1) is 13.4. The maximum atomic E-state index is 11.2. The Morgan fingerprint density at radius 2 is 2.21 bits per heavy atom. The van der Waals surface area contributed by atoms with Crippen molar-refractivity contribution in [2.75, 3.05) is 6.61 Å². The van der Waals surface area contributed by atoms with Gasteiger partial charge in [-0.15, -0.1) is 0 Å². The van der Waals surface area contributed by atoms with Crippen LogP contribution in [0.2, 0.25) is 0 Å². The lowest BCUT2D eigenvalue weighted by Gasteiger charge is -2.49. The van der Waals surface area contributed by atoms with E-state index in [0.29, 0.717) is 31.3 Å². The quantitative estimate of drug-likeness (QED) is 0.851. The molecule has 1 heterocycles. The Kier molecular flexibility index (Phi) is 3.35. The van der Waals surface area contributed by atoms with Gasteiger partial charge in [0.15, 0.2) is 0 Å². The Hall–Kier alpha value is -0.590. The molecule has 2 bridgehead atoms. The first-order valence-electron chi connectivity index (χ1n) is 7.89. The second kappa shape index (κ2) is 4.75. The monoisotopic (exact) mass is 263 g/mol. The third-order valence-corrected chi connectivity index (χ3v) is 5.92. The summed E-state index contributed by atoms with van der Waals surface area (Å²) in [7, 11) is 0. The molecule has 3 aliphatic rings. The summed E-state index contributed by atoms with van der Waals surface area (Å²) in [6, 6.07) is 2.58. The number of fused-ring (bicyclic) bond motifs is 2. The van der Waals surface area contributed by atoms with E-state index in [1.807, 2.05) is 0 Å². The largest absolute Gasteiger partial charge is 0.388 e. The van der Waals surface area contributed by atoms with Crippen LogP contribution < -0.4 is 0 Å². The topological polar surface area (TPSA) is 53.2 Å². The fourth-order valence-corrected chi connectivity index (χ4v) is 4.99. The fourth-order valence-electron chi connectivity index (χ4n) is 4.99. The minimum absolute atomic E-state index is 0.146. The molecule has 0 aromatic heterocycles. The van der Waals surface area contributed by atoms with Gasteiger partial charge in [0.2, 0.25) is 0 Å². The predicted molar refractivity (Wildman–Crippen MR) is 72.3 cm³/mol. The van der Waals surface area contributed by atoms with Gasteiger partial charge in [0.25, 0.3) is 0 Å². The normalized spacial score (nSPS) is 49.2. The average molecular weight is 263 g/mol. The molecule has 3 nitrogen and oxygen atoms in total. The molecule has 1 aliphatic heterocycles. The summed E-state index contributed by atoms with van der Waals surface area (Å²) in [4.78, 5) is 0. The molecule has 5 unspecified atom stereocenters. The van der Waals surface area contributed by atoms with E-state index in [0.717, 1.165) is 32.1 Å². The fraction of sp³-hybridized carbons (Fsp3) is 0.938. The average Bonchev–Trinajstić information content (AvgIpc) is 3.00. The predicted octanol–water partition coefficient (Wildman–Crippen LogP) is 3.03. The van der Waals surface area contributed by atoms with E-state index in [1.54, 1.807) is 0 Å². The number of hydrogen-bond acceptors (Lipinski definition) is 3. The van der Waals surface area contributed by atoms with Crippen LogP contribution in [0.3, 0.4) is 0 Å². The van der Waals surface area contributed by atoms with Gasteiger partial charge in [-0.25, -0.2) is 0 Å². The van der Waals surface area contributed by atoms with Crippen LogP contribution in [0.1, 0.15) is 58.3 Å². The van der Waals surface area contributed by atoms with Crippen LogP contribution >= 0.6 is 0 Å². The number of rotatable bonds is 3. The second-order valence-electron chi connectivity index (χ2n) is 6.93. The van der Waals surface area contributed by atoms with Crippen LogP contribution in [0.25, 0.3) is 0 Å². The molecule has 5 atom stereocenters. The summed E-state index contributed by atoms with van der Waals surface area (Å²) >= 11 is 0. The molecular weight excluding hydrogens is 238 g/mol. The minimum Gasteiger partial charge on any atom is -0.388 e. The van der Waals surface area contributed by atoms with Crippen molar-refractivity contribution in [2.45, 2.75) is 70.0 Å². The lowest BCUT2D eigenvalue weighted by molar-refractivity contribution is -0.166. The van der Waals surface area contributed by atoms with Crippen LogP contribution in [0, 0.1) is 28.6 Å². The molecule has 2 aliphatic carbocycles. The van der Waals surface area contributed by atoms with E-state index in [9.17, 15) is 10.4 Å². The summed E-state index contributed by atoms with van der Waals surface area (Å²) < 4.78 is 5.77. The lowest BCUT2D eigenvalue weighted by atomic mass is 9.59. The molecule has 3 fully saturated rings. The van der Waals surface area contributed by atoms with Gasteiger partial charge in [-0.1, -0.05) is 19.8 Å². The first-order chi connectivity index (χ1) is 9.13. The van der Waals surface area contributed by atoms with Gasteiger partial charge in [0.1, 0.15) is 0 Å². The molecule has 1 N–H and O–H groups in total. The second-order valence-corrected chi connectivity index (χ2v) is 6.93. The minimum atomic E-state index is -0.806. The highest BCUT2D eigenvalue weighted by Gasteiger charge is 2.62. The first-order valence-corrected chi connectivity index (χ1v) is 7.89. The van der Waals surface area contributed by atoms with Crippen molar-refractivity contribution in [3.05, 3.63) is 0 Å². The Labute approximate surface area is 115 Å². The smallest absolute Gasteiger partial charge is 0.0892 e. The van der Waals surface area contributed by atoms with E-state index in [2.05, 4.69) is 13.0 Å². The SMILES string of the molecule is CCCC1CC(O)(C2(C#N)CC3CCC2C3)CCO1. The zero-order chi connectivity index (χ0) is 13.5. The summed E-state index contributed by atoms with van der Waals surface area (Å²) in [5.74, 6) is 1.11. The Morgan fingerprint density at radius 3 is 2.79 bits per heavy atom. The van der Waals surface area contributed by atoms with Gasteiger partial charge in [0, 0.05) is 19.4 Å². The highest BCUT2D eigenvalue weighted by molar-refractivity contribution is 5.21. The van der Waals surface area contributed by atoms with E-state index < -0.39 is 11.0 Å². The van der Waals surface area contributed by atoms with Crippen molar-refractivity contribution in [2.24, 2.45) is 17.3 Å². The molecule has 0 amide bonds. The molecule has 2 saturated carbocycles. The summed E-state index contributed by atoms with van der Waals surface area (Å²) in [6.07, 6.45) is 8.01. The van der Waals surface area contributed by atoms with E-state index >= 15 is 0 Å². The molecule has 19 heavy (non-hydrogen) atoms. The highest BCUT2D eigenvalue weighted by Crippen LogP contribution is 2.62. The van der Waals surface area contributed by atoms with E-state index in [-0.39, 0.29) is 6.10 Å². The maximum Gasteiger partial charge on any atom is 0.0892 e. The molecule has 0 radical (unpaired) electrons. The van der Waals surface area contributed by atoms with Crippen molar-refractivity contribution in [3.63, 3.8) is 0 Å². The molecule has 3 rings (SSSR count). The van der Waals surface area contributed by atoms with Crippen molar-refractivity contribution in [1.29, 1.82) is 5.26 Å². The van der Waals surface area contributed by atoms with Crippen LogP contribution in [-0.4, -0.2) is 23.4 Å². The highest BCUT2D eigenvalue weighted by atomic mass is 16.5. The van der Waals surface area contributed by atoms with Gasteiger partial charge in [-0.3, -0.25) is 0 Å². The third kappa shape index (κ3) is 1.92. The number of nitrogens with zero attached hydrogens (tertiary/aromatic N) is 1. The molecule has 106 valence electrons. The van der Waals surface area contributed by atoms with E-state index in [4.69, 9.17) is 4.74 Å². The maximum absolute atomic E-state index is 11.2. The van der Waals surface area contributed by atoms with Gasteiger partial charge in [-0.05, 0) is 37.5 Å². The summed E-state index contributed by atoms with van der Waals surface area (Å²) in [5.41, 5.74) is -1.29. The summed E-state index contributed by atoms with van der Waals surface area (Å²) in [6.45, 7) is 2.76. The Balaban J connectivity index is 1.84. The van der Waals surface area contributed by atoms with Crippen LogP contribution in [0.15, 0.2) is 0 Å². The van der Waals surface area contributed by atoms with Gasteiger partial charge in [0.05, 0.1) is 23.2 Å². The number of aliphatic hydroxyl groups is 1. The number of hydrogen-bond donors (Lipinski definition) is 1. The van der Waals surface area contributed by atoms with E-state index in [1.165, 1.54) is 6.42 Å². The standard InChI is InChI=1S/C16H25NO2/c1-2-3-14-10-16(18,6-7-19-14)15(11-17)9-12-4-5-13(15)8-12/h12-14,18H,2-10H2,1H3. The Bertz CT molecular complexity index is 389. The van der Waals surface area contributed by atoms with Crippen molar-refractivity contribution in [3.8, 4) is 6.07 Å². The molecule has 0 aromatic rings. The third-order valence-electron chi connectivity index (χ3n) is 5.92. The van der Waals surface area contributed by atoms with Gasteiger partial charge in [-0.2, -0.15) is 5.26 Å². The molecule has 0 spiro atoms. The van der Waals surface area contributed by atoms with Gasteiger partial charge >= 0.3 is 0 Å². The lowest BCUT2D eigenvalue weighted by Crippen LogP contribution is -2.55. The summed E-state index contributed by atoms with van der Waals surface area (Å²) in [5, 5.41) is 21.1. The molecular formula is C16H25NO2. The zero-order valence-corrected chi connectivity index (χ0v) is 11.9.